The highest BCUT2D eigenvalue weighted by atomic mass is 32.2. The van der Waals surface area contributed by atoms with Gasteiger partial charge in [-0.05, 0) is 12.3 Å². The first-order valence-corrected chi connectivity index (χ1v) is 5.24. The van der Waals surface area contributed by atoms with Gasteiger partial charge in [0.1, 0.15) is 0 Å². The molecular weight excluding hydrogens is 188 g/mol. The Bertz CT molecular complexity index is 153. The van der Waals surface area contributed by atoms with Crippen molar-refractivity contribution in [2.24, 2.45) is 5.92 Å². The average Bonchev–Trinajstić information content (AvgIpc) is 2.04. The molecule has 0 atom stereocenters. The molecule has 0 fully saturated rings. The molecule has 5 heteroatoms. The van der Waals surface area contributed by atoms with E-state index in [1.165, 1.54) is 0 Å². The number of carboxylic acid groups (broad SMARTS) is 1. The van der Waals surface area contributed by atoms with Crippen molar-refractivity contribution in [3.05, 3.63) is 0 Å². The van der Waals surface area contributed by atoms with E-state index in [9.17, 15) is 4.79 Å². The van der Waals surface area contributed by atoms with Crippen molar-refractivity contribution in [1.29, 1.82) is 0 Å². The highest BCUT2D eigenvalue weighted by Gasteiger charge is 2.05. The van der Waals surface area contributed by atoms with Crippen molar-refractivity contribution in [3.63, 3.8) is 0 Å². The van der Waals surface area contributed by atoms with Crippen molar-refractivity contribution in [1.82, 2.24) is 9.03 Å². The van der Waals surface area contributed by atoms with E-state index in [0.717, 1.165) is 31.6 Å². The molecule has 0 saturated heterocycles. The lowest BCUT2D eigenvalue weighted by Gasteiger charge is -2.18. The fraction of sp³-hybridized carbons (Fsp3) is 0.875. The van der Waals surface area contributed by atoms with E-state index in [-0.39, 0.29) is 0 Å². The van der Waals surface area contributed by atoms with Crippen LogP contribution in [0.1, 0.15) is 27.2 Å². The van der Waals surface area contributed by atoms with Crippen LogP contribution in [-0.2, 0) is 0 Å². The third-order valence-corrected chi connectivity index (χ3v) is 2.54. The van der Waals surface area contributed by atoms with Gasteiger partial charge in [-0.2, -0.15) is 0 Å². The van der Waals surface area contributed by atoms with Gasteiger partial charge in [0.2, 0.25) is 0 Å². The van der Waals surface area contributed by atoms with Crippen LogP contribution < -0.4 is 4.72 Å². The summed E-state index contributed by atoms with van der Waals surface area (Å²) in [6, 6.07) is 0. The maximum absolute atomic E-state index is 10.2. The number of nitrogens with one attached hydrogen (secondary N) is 1. The molecule has 13 heavy (non-hydrogen) atoms. The molecule has 0 spiro atoms. The Kier molecular flexibility index (Phi) is 6.80. The van der Waals surface area contributed by atoms with E-state index >= 15 is 0 Å². The molecule has 0 aromatic rings. The van der Waals surface area contributed by atoms with Gasteiger partial charge in [0.15, 0.2) is 0 Å². The molecule has 0 aliphatic heterocycles. The molecule has 0 aliphatic carbocycles. The second kappa shape index (κ2) is 7.03. The molecule has 0 saturated carbocycles. The number of hydrogen-bond donors (Lipinski definition) is 2. The van der Waals surface area contributed by atoms with Gasteiger partial charge in [-0.1, -0.05) is 20.8 Å². The second-order valence-electron chi connectivity index (χ2n) is 3.20. The van der Waals surface area contributed by atoms with Crippen molar-refractivity contribution in [2.45, 2.75) is 27.2 Å². The van der Waals surface area contributed by atoms with E-state index in [4.69, 9.17) is 5.11 Å². The number of rotatable bonds is 6. The van der Waals surface area contributed by atoms with E-state index in [1.807, 2.05) is 11.2 Å². The van der Waals surface area contributed by atoms with Crippen LogP contribution in [0, 0.1) is 5.92 Å². The summed E-state index contributed by atoms with van der Waals surface area (Å²) in [6.07, 6.45) is 0.0929. The fourth-order valence-electron chi connectivity index (χ4n) is 0.774. The van der Waals surface area contributed by atoms with Crippen LogP contribution in [0.25, 0.3) is 0 Å². The van der Waals surface area contributed by atoms with Gasteiger partial charge in [-0.3, -0.25) is 4.72 Å². The minimum absolute atomic E-state index is 0.652. The second-order valence-corrected chi connectivity index (χ2v) is 4.11. The molecule has 0 aliphatic rings. The zero-order valence-corrected chi connectivity index (χ0v) is 9.23. The lowest BCUT2D eigenvalue weighted by molar-refractivity contribution is 0.201. The molecule has 0 aromatic heterocycles. The van der Waals surface area contributed by atoms with Crippen LogP contribution in [0.15, 0.2) is 0 Å². The van der Waals surface area contributed by atoms with Crippen molar-refractivity contribution < 1.29 is 9.90 Å². The molecule has 0 rings (SSSR count). The monoisotopic (exact) mass is 206 g/mol. The lowest BCUT2D eigenvalue weighted by atomic mass is 10.1. The molecular formula is C8H18N2O2S. The van der Waals surface area contributed by atoms with Crippen molar-refractivity contribution >= 4 is 18.2 Å². The molecule has 78 valence electrons. The predicted molar refractivity (Wildman–Crippen MR) is 55.5 cm³/mol. The predicted octanol–water partition coefficient (Wildman–Crippen LogP) is 2.19. The number of amides is 1. The first-order chi connectivity index (χ1) is 6.06. The van der Waals surface area contributed by atoms with Crippen LogP contribution in [0.5, 0.6) is 0 Å². The van der Waals surface area contributed by atoms with Gasteiger partial charge in [0.25, 0.3) is 0 Å². The van der Waals surface area contributed by atoms with E-state index in [0.29, 0.717) is 5.92 Å². The molecule has 4 nitrogen and oxygen atoms in total. The van der Waals surface area contributed by atoms with Gasteiger partial charge >= 0.3 is 6.09 Å². The summed E-state index contributed by atoms with van der Waals surface area (Å²) in [7, 11) is 0. The highest BCUT2D eigenvalue weighted by Crippen LogP contribution is 2.08. The Balaban J connectivity index is 3.57. The number of hydrogen-bond acceptors (Lipinski definition) is 3. The SMILES string of the molecule is CCN(CCC(C)C)SNC(=O)O. The summed E-state index contributed by atoms with van der Waals surface area (Å²) in [5, 5.41) is 8.38. The first-order valence-electron chi connectivity index (χ1n) is 4.47. The van der Waals surface area contributed by atoms with Gasteiger partial charge < -0.3 is 5.11 Å². The Labute approximate surface area is 84.0 Å². The standard InChI is InChI=1S/C8H18N2O2S/c1-4-10(6-5-7(2)3)13-9-8(11)12/h7,9H,4-6H2,1-3H3,(H,11,12). The summed E-state index contributed by atoms with van der Waals surface area (Å²) >= 11 is 1.16. The van der Waals surface area contributed by atoms with E-state index < -0.39 is 6.09 Å². The Morgan fingerprint density at radius 2 is 2.23 bits per heavy atom. The van der Waals surface area contributed by atoms with Crippen molar-refractivity contribution in [3.8, 4) is 0 Å². The van der Waals surface area contributed by atoms with Crippen LogP contribution in [0.3, 0.4) is 0 Å². The summed E-state index contributed by atoms with van der Waals surface area (Å²) in [4.78, 5) is 10.2. The number of carbonyl (C=O) groups is 1. The van der Waals surface area contributed by atoms with Gasteiger partial charge in [-0.25, -0.2) is 9.10 Å². The summed E-state index contributed by atoms with van der Waals surface area (Å²) < 4.78 is 4.27. The summed E-state index contributed by atoms with van der Waals surface area (Å²) in [6.45, 7) is 8.08. The maximum Gasteiger partial charge on any atom is 0.415 e. The maximum atomic E-state index is 10.2. The van der Waals surface area contributed by atoms with Crippen LogP contribution in [-0.4, -0.2) is 28.6 Å². The zero-order valence-electron chi connectivity index (χ0n) is 8.41. The Hall–Kier alpha value is -0.420. The van der Waals surface area contributed by atoms with Crippen LogP contribution in [0.2, 0.25) is 0 Å². The zero-order chi connectivity index (χ0) is 10.3. The minimum atomic E-state index is -0.993. The molecule has 0 bridgehead atoms. The van der Waals surface area contributed by atoms with E-state index in [1.54, 1.807) is 0 Å². The lowest BCUT2D eigenvalue weighted by Crippen LogP contribution is -2.25. The average molecular weight is 206 g/mol. The highest BCUT2D eigenvalue weighted by molar-refractivity contribution is 7.95. The molecule has 0 radical (unpaired) electrons. The normalized spacial score (nSPS) is 10.8. The van der Waals surface area contributed by atoms with Crippen molar-refractivity contribution in [2.75, 3.05) is 13.1 Å². The Morgan fingerprint density at radius 1 is 1.62 bits per heavy atom. The third kappa shape index (κ3) is 7.93. The first kappa shape index (κ1) is 12.6. The molecule has 2 N–H and O–H groups in total. The molecule has 0 heterocycles. The van der Waals surface area contributed by atoms with E-state index in [2.05, 4.69) is 18.6 Å². The fourth-order valence-corrected chi connectivity index (χ4v) is 1.31. The molecule has 0 unspecified atom stereocenters. The third-order valence-electron chi connectivity index (χ3n) is 1.57. The van der Waals surface area contributed by atoms with Gasteiger partial charge in [-0.15, -0.1) is 0 Å². The largest absolute Gasteiger partial charge is 0.464 e. The number of nitrogens with zero attached hydrogens (tertiary/aromatic N) is 1. The quantitative estimate of drug-likeness (QED) is 0.654. The van der Waals surface area contributed by atoms with Gasteiger partial charge in [0.05, 0.1) is 0 Å². The smallest absolute Gasteiger partial charge is 0.415 e. The molecule has 1 amide bonds. The topological polar surface area (TPSA) is 52.6 Å². The summed E-state index contributed by atoms with van der Waals surface area (Å²) in [5.74, 6) is 0.652. The molecule has 0 aromatic carbocycles. The van der Waals surface area contributed by atoms with Crippen LogP contribution >= 0.6 is 12.1 Å². The van der Waals surface area contributed by atoms with Crippen LogP contribution in [0.4, 0.5) is 4.79 Å². The summed E-state index contributed by atoms with van der Waals surface area (Å²) in [5.41, 5.74) is 0. The minimum Gasteiger partial charge on any atom is -0.464 e. The van der Waals surface area contributed by atoms with Gasteiger partial charge in [0, 0.05) is 25.2 Å². The Morgan fingerprint density at radius 3 is 2.62 bits per heavy atom.